The Kier molecular flexibility index (Phi) is 4.64. The Morgan fingerprint density at radius 3 is 2.37 bits per heavy atom. The molecule has 3 atom stereocenters. The fraction of sp³-hybridized carbons (Fsp3) is 0.647. The molecule has 19 heavy (non-hydrogen) atoms. The lowest BCUT2D eigenvalue weighted by atomic mass is 9.87. The Morgan fingerprint density at radius 2 is 1.89 bits per heavy atom. The largest absolute Gasteiger partial charge is 0.376 e. The van der Waals surface area contributed by atoms with E-state index >= 15 is 0 Å². The molecular formula is C17H27NO. The summed E-state index contributed by atoms with van der Waals surface area (Å²) in [7, 11) is 0. The topological polar surface area (TPSA) is 21.3 Å². The third-order valence-electron chi connectivity index (χ3n) is 4.25. The minimum Gasteiger partial charge on any atom is -0.376 e. The first-order chi connectivity index (χ1) is 9.04. The monoisotopic (exact) mass is 261 g/mol. The minimum atomic E-state index is 0.306. The van der Waals surface area contributed by atoms with Crippen LogP contribution >= 0.6 is 0 Å². The highest BCUT2D eigenvalue weighted by atomic mass is 16.5. The first-order valence-corrected chi connectivity index (χ1v) is 7.47. The van der Waals surface area contributed by atoms with Gasteiger partial charge in [-0.2, -0.15) is 0 Å². The Bertz CT molecular complexity index is 418. The molecule has 3 unspecified atom stereocenters. The molecule has 0 aliphatic carbocycles. The number of hydrogen-bond donors (Lipinski definition) is 1. The van der Waals surface area contributed by atoms with E-state index < -0.39 is 0 Å². The smallest absolute Gasteiger partial charge is 0.0796 e. The van der Waals surface area contributed by atoms with Crippen LogP contribution in [0.15, 0.2) is 12.1 Å². The third kappa shape index (κ3) is 3.01. The molecular weight excluding hydrogens is 234 g/mol. The van der Waals surface area contributed by atoms with Crippen molar-refractivity contribution in [2.45, 2.75) is 53.2 Å². The summed E-state index contributed by atoms with van der Waals surface area (Å²) in [5, 5.41) is 3.65. The third-order valence-corrected chi connectivity index (χ3v) is 4.25. The van der Waals surface area contributed by atoms with E-state index in [9.17, 15) is 0 Å². The van der Waals surface area contributed by atoms with Crippen molar-refractivity contribution in [3.8, 4) is 0 Å². The second kappa shape index (κ2) is 6.06. The zero-order valence-electron chi connectivity index (χ0n) is 12.9. The van der Waals surface area contributed by atoms with Crippen LogP contribution in [0.5, 0.6) is 0 Å². The van der Waals surface area contributed by atoms with Gasteiger partial charge in [-0.25, -0.2) is 0 Å². The van der Waals surface area contributed by atoms with E-state index in [4.69, 9.17) is 4.74 Å². The van der Waals surface area contributed by atoms with Gasteiger partial charge in [-0.1, -0.05) is 31.5 Å². The Labute approximate surface area is 117 Å². The summed E-state index contributed by atoms with van der Waals surface area (Å²) >= 11 is 0. The number of ether oxygens (including phenoxy) is 1. The summed E-state index contributed by atoms with van der Waals surface area (Å²) in [5.41, 5.74) is 5.54. The van der Waals surface area contributed by atoms with Crippen LogP contribution in [0, 0.1) is 26.7 Å². The van der Waals surface area contributed by atoms with Gasteiger partial charge in [0.05, 0.1) is 12.1 Å². The Balaban J connectivity index is 2.38. The van der Waals surface area contributed by atoms with Crippen LogP contribution in [0.4, 0.5) is 0 Å². The number of rotatable bonds is 4. The van der Waals surface area contributed by atoms with Crippen molar-refractivity contribution in [1.82, 2.24) is 5.32 Å². The molecule has 1 saturated heterocycles. The van der Waals surface area contributed by atoms with Crippen LogP contribution in [-0.4, -0.2) is 19.3 Å². The number of likely N-dealkylation sites (N-methyl/N-ethyl adjacent to an activating group) is 1. The second-order valence-electron chi connectivity index (χ2n) is 5.95. The first kappa shape index (κ1) is 14.5. The molecule has 1 N–H and O–H groups in total. The lowest BCUT2D eigenvalue weighted by Crippen LogP contribution is -2.35. The fourth-order valence-electron chi connectivity index (χ4n) is 3.43. The SMILES string of the molecule is CCNC(c1c(C)cc(C)cc1C)C1OCCC1C. The van der Waals surface area contributed by atoms with Crippen molar-refractivity contribution in [2.24, 2.45) is 5.92 Å². The van der Waals surface area contributed by atoms with Crippen molar-refractivity contribution < 1.29 is 4.74 Å². The van der Waals surface area contributed by atoms with Gasteiger partial charge >= 0.3 is 0 Å². The molecule has 1 heterocycles. The summed E-state index contributed by atoms with van der Waals surface area (Å²) < 4.78 is 6.01. The zero-order valence-corrected chi connectivity index (χ0v) is 12.9. The second-order valence-corrected chi connectivity index (χ2v) is 5.95. The van der Waals surface area contributed by atoms with Gasteiger partial charge < -0.3 is 10.1 Å². The highest BCUT2D eigenvalue weighted by Crippen LogP contribution is 2.34. The first-order valence-electron chi connectivity index (χ1n) is 7.47. The van der Waals surface area contributed by atoms with E-state index in [-0.39, 0.29) is 0 Å². The molecule has 0 bridgehead atoms. The van der Waals surface area contributed by atoms with Crippen molar-refractivity contribution in [3.05, 3.63) is 34.4 Å². The molecule has 2 heteroatoms. The van der Waals surface area contributed by atoms with Gasteiger partial charge in [-0.15, -0.1) is 0 Å². The minimum absolute atomic E-state index is 0.306. The summed E-state index contributed by atoms with van der Waals surface area (Å²) in [6.45, 7) is 13.0. The summed E-state index contributed by atoms with van der Waals surface area (Å²) in [6.07, 6.45) is 1.48. The number of benzene rings is 1. The molecule has 1 aliphatic heterocycles. The normalized spacial score (nSPS) is 24.7. The van der Waals surface area contributed by atoms with Gasteiger partial charge in [0.2, 0.25) is 0 Å². The van der Waals surface area contributed by atoms with Gasteiger partial charge in [0, 0.05) is 6.61 Å². The van der Waals surface area contributed by atoms with Gasteiger partial charge in [0.25, 0.3) is 0 Å². The quantitative estimate of drug-likeness (QED) is 0.892. The van der Waals surface area contributed by atoms with Crippen LogP contribution in [0.3, 0.4) is 0 Å². The van der Waals surface area contributed by atoms with E-state index in [1.807, 2.05) is 0 Å². The standard InChI is InChI=1S/C17H27NO/c1-6-18-16(17-12(3)7-8-19-17)15-13(4)9-11(2)10-14(15)5/h9-10,12,16-18H,6-8H2,1-5H3. The zero-order chi connectivity index (χ0) is 14.0. The Hall–Kier alpha value is -0.860. The van der Waals surface area contributed by atoms with Crippen LogP contribution in [-0.2, 0) is 4.74 Å². The maximum Gasteiger partial charge on any atom is 0.0796 e. The average molecular weight is 261 g/mol. The van der Waals surface area contributed by atoms with Crippen molar-refractivity contribution in [2.75, 3.05) is 13.2 Å². The van der Waals surface area contributed by atoms with Crippen LogP contribution in [0.2, 0.25) is 0 Å². The lowest BCUT2D eigenvalue weighted by molar-refractivity contribution is 0.0608. The van der Waals surface area contributed by atoms with E-state index in [1.54, 1.807) is 0 Å². The molecule has 2 rings (SSSR count). The number of nitrogens with one attached hydrogen (secondary N) is 1. The molecule has 0 spiro atoms. The van der Waals surface area contributed by atoms with Crippen LogP contribution < -0.4 is 5.32 Å². The predicted molar refractivity (Wildman–Crippen MR) is 80.6 cm³/mol. The molecule has 1 aromatic carbocycles. The Morgan fingerprint density at radius 1 is 1.26 bits per heavy atom. The number of aryl methyl sites for hydroxylation is 3. The molecule has 0 amide bonds. The van der Waals surface area contributed by atoms with E-state index in [0.29, 0.717) is 18.1 Å². The van der Waals surface area contributed by atoms with E-state index in [0.717, 1.165) is 13.2 Å². The van der Waals surface area contributed by atoms with Gasteiger partial charge in [0.15, 0.2) is 0 Å². The van der Waals surface area contributed by atoms with E-state index in [2.05, 4.69) is 52.1 Å². The van der Waals surface area contributed by atoms with Gasteiger partial charge in [-0.3, -0.25) is 0 Å². The maximum atomic E-state index is 6.01. The van der Waals surface area contributed by atoms with Gasteiger partial charge in [0.1, 0.15) is 0 Å². The van der Waals surface area contributed by atoms with Gasteiger partial charge in [-0.05, 0) is 56.3 Å². The maximum absolute atomic E-state index is 6.01. The van der Waals surface area contributed by atoms with Crippen molar-refractivity contribution >= 4 is 0 Å². The summed E-state index contributed by atoms with van der Waals surface area (Å²) in [5.74, 6) is 0.629. The summed E-state index contributed by atoms with van der Waals surface area (Å²) in [4.78, 5) is 0. The number of hydrogen-bond acceptors (Lipinski definition) is 2. The lowest BCUT2D eigenvalue weighted by Gasteiger charge is -2.30. The molecule has 1 aliphatic rings. The predicted octanol–water partition coefficient (Wildman–Crippen LogP) is 3.69. The van der Waals surface area contributed by atoms with Crippen molar-refractivity contribution in [1.29, 1.82) is 0 Å². The summed E-state index contributed by atoms with van der Waals surface area (Å²) in [6, 6.07) is 4.89. The fourth-order valence-corrected chi connectivity index (χ4v) is 3.43. The molecule has 1 aromatic rings. The average Bonchev–Trinajstić information content (AvgIpc) is 2.73. The molecule has 0 radical (unpaired) electrons. The highest BCUT2D eigenvalue weighted by molar-refractivity contribution is 5.40. The van der Waals surface area contributed by atoms with Crippen LogP contribution in [0.1, 0.15) is 48.6 Å². The molecule has 1 fully saturated rings. The highest BCUT2D eigenvalue weighted by Gasteiger charge is 2.33. The molecule has 0 saturated carbocycles. The molecule has 106 valence electrons. The molecule has 0 aromatic heterocycles. The van der Waals surface area contributed by atoms with E-state index in [1.165, 1.54) is 28.7 Å². The molecule has 2 nitrogen and oxygen atoms in total. The van der Waals surface area contributed by atoms with Crippen molar-refractivity contribution in [3.63, 3.8) is 0 Å². The van der Waals surface area contributed by atoms with Crippen LogP contribution in [0.25, 0.3) is 0 Å².